The van der Waals surface area contributed by atoms with Crippen LogP contribution in [0, 0.1) is 5.82 Å². The minimum absolute atomic E-state index is 0.158. The van der Waals surface area contributed by atoms with E-state index in [1.165, 1.54) is 24.3 Å². The van der Waals surface area contributed by atoms with Gasteiger partial charge in [-0.25, -0.2) is 4.39 Å². The van der Waals surface area contributed by atoms with Crippen molar-refractivity contribution >= 4 is 11.8 Å². The molecule has 2 aromatic rings. The van der Waals surface area contributed by atoms with Gasteiger partial charge in [0.25, 0.3) is 5.91 Å². The molecule has 2 rings (SSSR count). The Morgan fingerprint density at radius 2 is 1.75 bits per heavy atom. The van der Waals surface area contributed by atoms with Crippen molar-refractivity contribution in [2.24, 2.45) is 5.73 Å². The number of hydrogen-bond acceptors (Lipinski definition) is 3. The summed E-state index contributed by atoms with van der Waals surface area (Å²) in [5, 5.41) is 2.83. The maximum atomic E-state index is 13.4. The summed E-state index contributed by atoms with van der Waals surface area (Å²) in [5.41, 5.74) is 6.73. The van der Waals surface area contributed by atoms with Gasteiger partial charge in [0.2, 0.25) is 5.91 Å². The smallest absolute Gasteiger partial charge is 0.251 e. The van der Waals surface area contributed by atoms with Crippen molar-refractivity contribution in [3.05, 3.63) is 71.0 Å². The molecular formula is C18H20FN3O2. The Morgan fingerprint density at radius 1 is 1.12 bits per heavy atom. The van der Waals surface area contributed by atoms with Crippen LogP contribution < -0.4 is 11.1 Å². The summed E-state index contributed by atoms with van der Waals surface area (Å²) in [7, 11) is 3.73. The monoisotopic (exact) mass is 329 g/mol. The lowest BCUT2D eigenvalue weighted by Gasteiger charge is -2.25. The Bertz CT molecular complexity index is 729. The molecule has 0 aliphatic heterocycles. The number of benzene rings is 2. The molecule has 2 aromatic carbocycles. The molecule has 126 valence electrons. The number of carbonyl (C=O) groups is 2. The highest BCUT2D eigenvalue weighted by molar-refractivity contribution is 5.97. The third-order valence-corrected chi connectivity index (χ3v) is 3.74. The van der Waals surface area contributed by atoms with Crippen molar-refractivity contribution in [1.29, 1.82) is 0 Å². The van der Waals surface area contributed by atoms with Crippen LogP contribution in [0.1, 0.15) is 32.3 Å². The number of carbonyl (C=O) groups excluding carboxylic acids is 2. The molecular weight excluding hydrogens is 309 g/mol. The Labute approximate surface area is 140 Å². The molecule has 0 bridgehead atoms. The van der Waals surface area contributed by atoms with Crippen LogP contribution in [0.15, 0.2) is 48.5 Å². The second-order valence-corrected chi connectivity index (χ2v) is 5.69. The highest BCUT2D eigenvalue weighted by atomic mass is 19.1. The van der Waals surface area contributed by atoms with E-state index in [-0.39, 0.29) is 17.8 Å². The van der Waals surface area contributed by atoms with E-state index in [0.29, 0.717) is 17.7 Å². The molecule has 1 unspecified atom stereocenters. The minimum atomic E-state index is -0.541. The zero-order valence-electron chi connectivity index (χ0n) is 13.6. The Balaban J connectivity index is 2.06. The molecule has 0 saturated heterocycles. The SMILES string of the molecule is CN(C)C(CNC(=O)c1ccc(C(N)=O)cc1)c1cccc(F)c1. The lowest BCUT2D eigenvalue weighted by atomic mass is 10.1. The topological polar surface area (TPSA) is 75.4 Å². The fraction of sp³-hybridized carbons (Fsp3) is 0.222. The predicted octanol–water partition coefficient (Wildman–Crippen LogP) is 1.96. The zero-order valence-corrected chi connectivity index (χ0v) is 13.6. The third-order valence-electron chi connectivity index (χ3n) is 3.74. The summed E-state index contributed by atoms with van der Waals surface area (Å²) < 4.78 is 13.4. The van der Waals surface area contributed by atoms with E-state index >= 15 is 0 Å². The van der Waals surface area contributed by atoms with Crippen molar-refractivity contribution < 1.29 is 14.0 Å². The van der Waals surface area contributed by atoms with E-state index in [1.54, 1.807) is 18.2 Å². The zero-order chi connectivity index (χ0) is 17.7. The molecule has 24 heavy (non-hydrogen) atoms. The van der Waals surface area contributed by atoms with Crippen molar-refractivity contribution in [1.82, 2.24) is 10.2 Å². The fourth-order valence-corrected chi connectivity index (χ4v) is 2.39. The van der Waals surface area contributed by atoms with Crippen LogP contribution in [0.5, 0.6) is 0 Å². The largest absolute Gasteiger partial charge is 0.366 e. The maximum absolute atomic E-state index is 13.4. The van der Waals surface area contributed by atoms with Crippen molar-refractivity contribution in [2.75, 3.05) is 20.6 Å². The number of halogens is 1. The average molecular weight is 329 g/mol. The molecule has 1 atom stereocenters. The minimum Gasteiger partial charge on any atom is -0.366 e. The number of nitrogens with two attached hydrogens (primary N) is 1. The first kappa shape index (κ1) is 17.6. The van der Waals surface area contributed by atoms with E-state index in [4.69, 9.17) is 5.73 Å². The van der Waals surface area contributed by atoms with Crippen molar-refractivity contribution in [2.45, 2.75) is 6.04 Å². The van der Waals surface area contributed by atoms with Gasteiger partial charge in [0.05, 0.1) is 6.04 Å². The van der Waals surface area contributed by atoms with E-state index in [1.807, 2.05) is 25.1 Å². The van der Waals surface area contributed by atoms with Crippen molar-refractivity contribution in [3.63, 3.8) is 0 Å². The first-order valence-electron chi connectivity index (χ1n) is 7.48. The van der Waals surface area contributed by atoms with Crippen molar-refractivity contribution in [3.8, 4) is 0 Å². The van der Waals surface area contributed by atoms with Crippen LogP contribution in [0.3, 0.4) is 0 Å². The van der Waals surface area contributed by atoms with Crippen LogP contribution in [-0.4, -0.2) is 37.4 Å². The van der Waals surface area contributed by atoms with Gasteiger partial charge >= 0.3 is 0 Å². The molecule has 0 radical (unpaired) electrons. The van der Waals surface area contributed by atoms with Gasteiger partial charge in [0.15, 0.2) is 0 Å². The van der Waals surface area contributed by atoms with E-state index < -0.39 is 5.91 Å². The van der Waals surface area contributed by atoms with Gasteiger partial charge in [0.1, 0.15) is 5.82 Å². The van der Waals surface area contributed by atoms with E-state index in [0.717, 1.165) is 5.56 Å². The molecule has 0 spiro atoms. The number of hydrogen-bond donors (Lipinski definition) is 2. The van der Waals surface area contributed by atoms with Crippen LogP contribution in [0.25, 0.3) is 0 Å². The van der Waals surface area contributed by atoms with Gasteiger partial charge in [-0.2, -0.15) is 0 Å². The van der Waals surface area contributed by atoms with Crippen LogP contribution in [0.2, 0.25) is 0 Å². The first-order valence-corrected chi connectivity index (χ1v) is 7.48. The summed E-state index contributed by atoms with van der Waals surface area (Å²) >= 11 is 0. The lowest BCUT2D eigenvalue weighted by molar-refractivity contribution is 0.0939. The molecule has 2 amide bonds. The van der Waals surface area contributed by atoms with Gasteiger partial charge < -0.3 is 16.0 Å². The highest BCUT2D eigenvalue weighted by Crippen LogP contribution is 2.18. The molecule has 6 heteroatoms. The molecule has 0 saturated carbocycles. The molecule has 0 heterocycles. The quantitative estimate of drug-likeness (QED) is 0.851. The van der Waals surface area contributed by atoms with Gasteiger partial charge in [-0.05, 0) is 56.1 Å². The Morgan fingerprint density at radius 3 is 2.29 bits per heavy atom. The van der Waals surface area contributed by atoms with Crippen LogP contribution in [0.4, 0.5) is 4.39 Å². The standard InChI is InChI=1S/C18H20FN3O2/c1-22(2)16(14-4-3-5-15(19)10-14)11-21-18(24)13-8-6-12(7-9-13)17(20)23/h3-10,16H,11H2,1-2H3,(H2,20,23)(H,21,24). The molecule has 3 N–H and O–H groups in total. The summed E-state index contributed by atoms with van der Waals surface area (Å²) in [6.07, 6.45) is 0. The number of nitrogens with one attached hydrogen (secondary N) is 1. The highest BCUT2D eigenvalue weighted by Gasteiger charge is 2.16. The van der Waals surface area contributed by atoms with Gasteiger partial charge in [-0.3, -0.25) is 9.59 Å². The molecule has 0 aliphatic carbocycles. The molecule has 0 fully saturated rings. The molecule has 5 nitrogen and oxygen atoms in total. The third kappa shape index (κ3) is 4.39. The van der Waals surface area contributed by atoms with E-state index in [2.05, 4.69) is 5.32 Å². The lowest BCUT2D eigenvalue weighted by Crippen LogP contribution is -2.34. The normalized spacial score (nSPS) is 12.0. The molecule has 0 aliphatic rings. The number of primary amides is 1. The average Bonchev–Trinajstić information content (AvgIpc) is 2.54. The fourth-order valence-electron chi connectivity index (χ4n) is 2.39. The Kier molecular flexibility index (Phi) is 5.65. The van der Waals surface area contributed by atoms with Crippen LogP contribution >= 0.6 is 0 Å². The number of amides is 2. The van der Waals surface area contributed by atoms with Gasteiger partial charge in [0, 0.05) is 17.7 Å². The summed E-state index contributed by atoms with van der Waals surface area (Å²) in [6.45, 7) is 0.326. The number of nitrogens with zero attached hydrogens (tertiary/aromatic N) is 1. The van der Waals surface area contributed by atoms with Gasteiger partial charge in [-0.15, -0.1) is 0 Å². The maximum Gasteiger partial charge on any atom is 0.251 e. The number of rotatable bonds is 6. The van der Waals surface area contributed by atoms with Gasteiger partial charge in [-0.1, -0.05) is 12.1 Å². The number of likely N-dealkylation sites (N-methyl/N-ethyl adjacent to an activating group) is 1. The first-order chi connectivity index (χ1) is 11.4. The van der Waals surface area contributed by atoms with E-state index in [9.17, 15) is 14.0 Å². The Hall–Kier alpha value is -2.73. The summed E-state index contributed by atoms with van der Waals surface area (Å²) in [5.74, 6) is -1.12. The summed E-state index contributed by atoms with van der Waals surface area (Å²) in [6, 6.07) is 12.3. The second-order valence-electron chi connectivity index (χ2n) is 5.69. The summed E-state index contributed by atoms with van der Waals surface area (Å²) in [4.78, 5) is 25.2. The molecule has 0 aromatic heterocycles. The second kappa shape index (κ2) is 7.70. The predicted molar refractivity (Wildman–Crippen MR) is 90.1 cm³/mol. The van der Waals surface area contributed by atoms with Crippen LogP contribution in [-0.2, 0) is 0 Å².